The van der Waals surface area contributed by atoms with Gasteiger partial charge < -0.3 is 4.90 Å². The van der Waals surface area contributed by atoms with Crippen LogP contribution >= 0.6 is 0 Å². The van der Waals surface area contributed by atoms with Crippen molar-refractivity contribution in [2.45, 2.75) is 48.9 Å². The maximum Gasteiger partial charge on any atom is 0.0714 e. The summed E-state index contributed by atoms with van der Waals surface area (Å²) < 4.78 is 0. The van der Waals surface area contributed by atoms with Gasteiger partial charge in [-0.1, -0.05) is 286 Å². The third-order valence-corrected chi connectivity index (χ3v) is 18.0. The maximum atomic E-state index is 2.61. The molecule has 0 heterocycles. The molecular weight excluding hydrogens is 951 g/mol. The Hall–Kier alpha value is -9.30. The molecule has 1 fully saturated rings. The lowest BCUT2D eigenvalue weighted by Crippen LogP contribution is -2.28. The molecule has 3 aliphatic rings. The standard InChI is InChI=1S/C78H59N/c1-6-27-54(28-7-1)61-43-24-29-55-30-25-44-66(75(55)61)64-40-18-22-49-73(64)79(60-51-52-63-62-39-16-20-46-69(62)78(72(63)53-60,58-35-12-4-13-36-58)59-37-14-5-15-38-59)74-50-23-19-41-65(74)67-45-26-48-71-76(67)68-42-17-21-47-70(68)77(71,56-31-8-2-9-32-56)57-33-10-3-11-34-57/h2-5,8-26,29-54H,1,6-7,27-28H2. The first kappa shape index (κ1) is 47.0. The van der Waals surface area contributed by atoms with Gasteiger partial charge >= 0.3 is 0 Å². The SMILES string of the molecule is c1ccc(C2(c3ccccc3)c3ccccc3-c3ccc(N(c4ccccc4-c4cccc5c4-c4ccccc4C5(c4ccccc4)c4ccccc4)c4ccccc4-c4cccc5cccc(C6CCCCC6)c45)cc32)cc1. The minimum Gasteiger partial charge on any atom is -0.309 e. The Labute approximate surface area is 464 Å². The topological polar surface area (TPSA) is 3.24 Å². The van der Waals surface area contributed by atoms with Crippen molar-refractivity contribution >= 4 is 27.8 Å². The third-order valence-electron chi connectivity index (χ3n) is 18.0. The summed E-state index contributed by atoms with van der Waals surface area (Å²) in [6.45, 7) is 0. The van der Waals surface area contributed by atoms with Crippen LogP contribution in [0.3, 0.4) is 0 Å². The second-order valence-electron chi connectivity index (χ2n) is 22.0. The normalized spacial score (nSPS) is 14.7. The molecule has 1 heteroatoms. The van der Waals surface area contributed by atoms with E-state index in [-0.39, 0.29) is 0 Å². The molecular formula is C78H59N. The predicted molar refractivity (Wildman–Crippen MR) is 330 cm³/mol. The molecule has 0 bridgehead atoms. The Bertz CT molecular complexity index is 4140. The number of fused-ring (bicyclic) bond motifs is 7. The van der Waals surface area contributed by atoms with Gasteiger partial charge in [-0.05, 0) is 137 Å². The zero-order chi connectivity index (χ0) is 52.3. The molecule has 0 N–H and O–H groups in total. The van der Waals surface area contributed by atoms with Gasteiger partial charge in [-0.25, -0.2) is 0 Å². The Morgan fingerprint density at radius 3 is 1.30 bits per heavy atom. The number of anilines is 3. The molecule has 0 spiro atoms. The van der Waals surface area contributed by atoms with Crippen LogP contribution in [0.15, 0.2) is 291 Å². The van der Waals surface area contributed by atoms with Gasteiger partial charge in [-0.2, -0.15) is 0 Å². The van der Waals surface area contributed by atoms with Crippen molar-refractivity contribution in [1.82, 2.24) is 0 Å². The second kappa shape index (κ2) is 19.3. The molecule has 0 saturated heterocycles. The summed E-state index contributed by atoms with van der Waals surface area (Å²) in [5, 5.41) is 2.68. The molecule has 0 amide bonds. The lowest BCUT2D eigenvalue weighted by molar-refractivity contribution is 0.445. The fourth-order valence-corrected chi connectivity index (χ4v) is 14.8. The highest BCUT2D eigenvalue weighted by Gasteiger charge is 2.48. The van der Waals surface area contributed by atoms with Crippen molar-refractivity contribution in [2.24, 2.45) is 0 Å². The minimum atomic E-state index is -0.581. The van der Waals surface area contributed by atoms with Crippen molar-refractivity contribution in [3.8, 4) is 44.5 Å². The van der Waals surface area contributed by atoms with E-state index in [4.69, 9.17) is 0 Å². The van der Waals surface area contributed by atoms with Crippen molar-refractivity contribution < 1.29 is 0 Å². The molecule has 0 atom stereocenters. The lowest BCUT2D eigenvalue weighted by atomic mass is 9.67. The van der Waals surface area contributed by atoms with E-state index in [0.717, 1.165) is 17.1 Å². The summed E-state index contributed by atoms with van der Waals surface area (Å²) in [5.74, 6) is 0.534. The van der Waals surface area contributed by atoms with Crippen LogP contribution in [-0.2, 0) is 10.8 Å². The summed E-state index contributed by atoms with van der Waals surface area (Å²) in [6.07, 6.45) is 6.35. The molecule has 15 rings (SSSR count). The van der Waals surface area contributed by atoms with E-state index in [1.807, 2.05) is 0 Å². The molecule has 12 aromatic carbocycles. The van der Waals surface area contributed by atoms with Gasteiger partial charge in [0.25, 0.3) is 0 Å². The maximum absolute atomic E-state index is 2.61. The van der Waals surface area contributed by atoms with Crippen LogP contribution in [0, 0.1) is 0 Å². The molecule has 0 unspecified atom stereocenters. The molecule has 0 aromatic heterocycles. The third kappa shape index (κ3) is 7.22. The summed E-state index contributed by atoms with van der Waals surface area (Å²) in [7, 11) is 0. The molecule has 1 saturated carbocycles. The number of hydrogen-bond donors (Lipinski definition) is 0. The van der Waals surface area contributed by atoms with Crippen LogP contribution in [0.25, 0.3) is 55.3 Å². The Kier molecular flexibility index (Phi) is 11.5. The van der Waals surface area contributed by atoms with Crippen molar-refractivity contribution in [3.63, 3.8) is 0 Å². The number of hydrogen-bond acceptors (Lipinski definition) is 1. The fraction of sp³-hybridized carbons (Fsp3) is 0.103. The van der Waals surface area contributed by atoms with Crippen LogP contribution in [0.2, 0.25) is 0 Å². The summed E-state index contributed by atoms with van der Waals surface area (Å²) in [6, 6.07) is 110. The average molecular weight is 1010 g/mol. The van der Waals surface area contributed by atoms with Crippen LogP contribution in [0.4, 0.5) is 17.1 Å². The fourth-order valence-electron chi connectivity index (χ4n) is 14.8. The molecule has 12 aromatic rings. The van der Waals surface area contributed by atoms with Crippen LogP contribution in [-0.4, -0.2) is 0 Å². The quantitative estimate of drug-likeness (QED) is 0.132. The molecule has 1 nitrogen and oxygen atoms in total. The minimum absolute atomic E-state index is 0.534. The molecule has 0 radical (unpaired) electrons. The Morgan fingerprint density at radius 2 is 0.709 bits per heavy atom. The van der Waals surface area contributed by atoms with Gasteiger partial charge in [0.2, 0.25) is 0 Å². The van der Waals surface area contributed by atoms with E-state index in [2.05, 4.69) is 296 Å². The second-order valence-corrected chi connectivity index (χ2v) is 22.0. The molecule has 3 aliphatic carbocycles. The van der Waals surface area contributed by atoms with Crippen molar-refractivity contribution in [3.05, 3.63) is 341 Å². The zero-order valence-electron chi connectivity index (χ0n) is 44.3. The zero-order valence-corrected chi connectivity index (χ0v) is 44.3. The summed E-state index contributed by atoms with van der Waals surface area (Å²) in [4.78, 5) is 2.61. The Morgan fingerprint density at radius 1 is 0.291 bits per heavy atom. The van der Waals surface area contributed by atoms with Crippen molar-refractivity contribution in [1.29, 1.82) is 0 Å². The smallest absolute Gasteiger partial charge is 0.0714 e. The molecule has 376 valence electrons. The summed E-state index contributed by atoms with van der Waals surface area (Å²) in [5.41, 5.74) is 23.8. The van der Waals surface area contributed by atoms with Gasteiger partial charge in [0.1, 0.15) is 0 Å². The largest absolute Gasteiger partial charge is 0.309 e. The van der Waals surface area contributed by atoms with E-state index in [0.29, 0.717) is 5.92 Å². The first-order chi connectivity index (χ1) is 39.2. The number of benzene rings is 12. The monoisotopic (exact) mass is 1010 g/mol. The van der Waals surface area contributed by atoms with Gasteiger partial charge in [0, 0.05) is 16.8 Å². The summed E-state index contributed by atoms with van der Waals surface area (Å²) >= 11 is 0. The first-order valence-corrected chi connectivity index (χ1v) is 28.4. The van der Waals surface area contributed by atoms with E-state index in [1.165, 1.54) is 137 Å². The molecule has 0 aliphatic heterocycles. The van der Waals surface area contributed by atoms with Crippen LogP contribution in [0.1, 0.15) is 88.1 Å². The number of nitrogens with zero attached hydrogens (tertiary/aromatic N) is 1. The van der Waals surface area contributed by atoms with Crippen LogP contribution < -0.4 is 4.90 Å². The molecule has 79 heavy (non-hydrogen) atoms. The highest BCUT2D eigenvalue weighted by molar-refractivity contribution is 6.06. The van der Waals surface area contributed by atoms with Crippen molar-refractivity contribution in [2.75, 3.05) is 4.90 Å². The van der Waals surface area contributed by atoms with E-state index >= 15 is 0 Å². The Balaban J connectivity index is 1.03. The van der Waals surface area contributed by atoms with Gasteiger partial charge in [-0.3, -0.25) is 0 Å². The van der Waals surface area contributed by atoms with Gasteiger partial charge in [0.15, 0.2) is 0 Å². The number of rotatable bonds is 10. The van der Waals surface area contributed by atoms with Gasteiger partial charge in [0.05, 0.1) is 22.2 Å². The highest BCUT2D eigenvalue weighted by atomic mass is 15.1. The highest BCUT2D eigenvalue weighted by Crippen LogP contribution is 2.61. The van der Waals surface area contributed by atoms with Gasteiger partial charge in [-0.15, -0.1) is 0 Å². The first-order valence-electron chi connectivity index (χ1n) is 28.4. The predicted octanol–water partition coefficient (Wildman–Crippen LogP) is 20.4. The lowest BCUT2D eigenvalue weighted by Gasteiger charge is -2.35. The number of para-hydroxylation sites is 2. The van der Waals surface area contributed by atoms with E-state index in [1.54, 1.807) is 0 Å². The average Bonchev–Trinajstić information content (AvgIpc) is 4.06. The van der Waals surface area contributed by atoms with Crippen LogP contribution in [0.5, 0.6) is 0 Å². The van der Waals surface area contributed by atoms with E-state index < -0.39 is 10.8 Å². The van der Waals surface area contributed by atoms with E-state index in [9.17, 15) is 0 Å².